The first kappa shape index (κ1) is 23.3. The number of nitriles is 1. The average molecular weight is 421 g/mol. The molecule has 0 radical (unpaired) electrons. The Morgan fingerprint density at radius 1 is 0.903 bits per heavy atom. The summed E-state index contributed by atoms with van der Waals surface area (Å²) in [6, 6.07) is 14.0. The molecule has 0 aliphatic carbocycles. The largest absolute Gasteiger partial charge is 0.451 e. The molecule has 0 aliphatic heterocycles. The van der Waals surface area contributed by atoms with Crippen molar-refractivity contribution in [2.75, 3.05) is 10.6 Å². The van der Waals surface area contributed by atoms with Crippen molar-refractivity contribution in [1.29, 1.82) is 5.26 Å². The van der Waals surface area contributed by atoms with Crippen LogP contribution in [-0.4, -0.2) is 29.7 Å². The number of esters is 1. The molecular formula is C23H23N3O5. The van der Waals surface area contributed by atoms with Crippen LogP contribution in [0.4, 0.5) is 11.4 Å². The van der Waals surface area contributed by atoms with Gasteiger partial charge in [-0.05, 0) is 61.9 Å². The van der Waals surface area contributed by atoms with Crippen molar-refractivity contribution in [3.63, 3.8) is 0 Å². The summed E-state index contributed by atoms with van der Waals surface area (Å²) in [6.07, 6.45) is -0.122. The van der Waals surface area contributed by atoms with E-state index in [1.165, 1.54) is 31.2 Å². The molecule has 8 nitrogen and oxygen atoms in total. The van der Waals surface area contributed by atoms with E-state index in [2.05, 4.69) is 10.6 Å². The van der Waals surface area contributed by atoms with Crippen LogP contribution in [0.25, 0.3) is 0 Å². The zero-order valence-electron chi connectivity index (χ0n) is 17.3. The maximum atomic E-state index is 12.5. The SMILES string of the molecule is CCCC(=O)Nc1ccc(C(=O)[C@@H](C)OC(=O)c2ccc(NC(=O)CC#N)cc2)cc1. The van der Waals surface area contributed by atoms with Gasteiger partial charge in [0.15, 0.2) is 6.10 Å². The molecule has 2 N–H and O–H groups in total. The van der Waals surface area contributed by atoms with Gasteiger partial charge >= 0.3 is 5.97 Å². The smallest absolute Gasteiger partial charge is 0.338 e. The number of ether oxygens (including phenoxy) is 1. The van der Waals surface area contributed by atoms with Crippen LogP contribution in [0.15, 0.2) is 48.5 Å². The summed E-state index contributed by atoms with van der Waals surface area (Å²) in [7, 11) is 0. The van der Waals surface area contributed by atoms with Crippen LogP contribution < -0.4 is 10.6 Å². The number of carbonyl (C=O) groups is 4. The van der Waals surface area contributed by atoms with E-state index in [4.69, 9.17) is 10.00 Å². The molecule has 2 amide bonds. The van der Waals surface area contributed by atoms with E-state index in [0.29, 0.717) is 23.4 Å². The summed E-state index contributed by atoms with van der Waals surface area (Å²) < 4.78 is 5.25. The first-order valence-corrected chi connectivity index (χ1v) is 9.76. The van der Waals surface area contributed by atoms with Crippen molar-refractivity contribution in [2.24, 2.45) is 0 Å². The lowest BCUT2D eigenvalue weighted by Gasteiger charge is -2.13. The molecule has 31 heavy (non-hydrogen) atoms. The number of hydrogen-bond donors (Lipinski definition) is 2. The van der Waals surface area contributed by atoms with Gasteiger partial charge in [0, 0.05) is 23.4 Å². The van der Waals surface area contributed by atoms with Gasteiger partial charge in [0.1, 0.15) is 6.42 Å². The minimum absolute atomic E-state index is 0.0977. The zero-order chi connectivity index (χ0) is 22.8. The van der Waals surface area contributed by atoms with Crippen molar-refractivity contribution in [3.05, 3.63) is 59.7 Å². The number of ketones is 1. The quantitative estimate of drug-likeness (QED) is 0.470. The number of hydrogen-bond acceptors (Lipinski definition) is 6. The van der Waals surface area contributed by atoms with Crippen molar-refractivity contribution < 1.29 is 23.9 Å². The normalized spacial score (nSPS) is 11.0. The van der Waals surface area contributed by atoms with Crippen LogP contribution in [0, 0.1) is 11.3 Å². The predicted octanol–water partition coefficient (Wildman–Crippen LogP) is 3.71. The molecule has 0 spiro atoms. The van der Waals surface area contributed by atoms with Crippen LogP contribution in [-0.2, 0) is 14.3 Å². The standard InChI is InChI=1S/C23H23N3O5/c1-3-4-20(27)25-18-9-5-16(6-10-18)22(29)15(2)31-23(30)17-7-11-19(12-8-17)26-21(28)13-14-24/h5-12,15H,3-4,13H2,1-2H3,(H,25,27)(H,26,28)/t15-/m1/s1. The maximum absolute atomic E-state index is 12.5. The summed E-state index contributed by atoms with van der Waals surface area (Å²) >= 11 is 0. The minimum atomic E-state index is -1.01. The summed E-state index contributed by atoms with van der Waals surface area (Å²) in [5.74, 6) is -1.60. The number of Topliss-reactive ketones (excluding diaryl/α,β-unsaturated/α-hetero) is 1. The monoisotopic (exact) mass is 421 g/mol. The number of anilines is 2. The van der Waals surface area contributed by atoms with E-state index in [0.717, 1.165) is 6.42 Å². The highest BCUT2D eigenvalue weighted by molar-refractivity contribution is 6.02. The summed E-state index contributed by atoms with van der Waals surface area (Å²) in [4.78, 5) is 47.9. The molecule has 0 heterocycles. The molecule has 0 bridgehead atoms. The Morgan fingerprint density at radius 2 is 1.42 bits per heavy atom. The number of amides is 2. The molecule has 0 aliphatic rings. The van der Waals surface area contributed by atoms with Gasteiger partial charge in [-0.1, -0.05) is 6.92 Å². The van der Waals surface area contributed by atoms with E-state index in [-0.39, 0.29) is 23.7 Å². The van der Waals surface area contributed by atoms with Gasteiger partial charge in [0.25, 0.3) is 0 Å². The Hall–Kier alpha value is -3.99. The highest BCUT2D eigenvalue weighted by atomic mass is 16.5. The van der Waals surface area contributed by atoms with Crippen molar-refractivity contribution >= 4 is 34.9 Å². The van der Waals surface area contributed by atoms with Gasteiger partial charge in [-0.15, -0.1) is 0 Å². The van der Waals surface area contributed by atoms with Gasteiger partial charge < -0.3 is 15.4 Å². The van der Waals surface area contributed by atoms with Crippen LogP contribution in [0.1, 0.15) is 53.8 Å². The first-order chi connectivity index (χ1) is 14.8. The lowest BCUT2D eigenvalue weighted by Crippen LogP contribution is -2.24. The van der Waals surface area contributed by atoms with Crippen molar-refractivity contribution in [3.8, 4) is 6.07 Å². The number of nitrogens with zero attached hydrogens (tertiary/aromatic N) is 1. The molecule has 2 aromatic carbocycles. The first-order valence-electron chi connectivity index (χ1n) is 9.76. The van der Waals surface area contributed by atoms with Crippen LogP contribution in [0.2, 0.25) is 0 Å². The lowest BCUT2D eigenvalue weighted by molar-refractivity contribution is -0.116. The molecule has 0 aromatic heterocycles. The average Bonchev–Trinajstić information content (AvgIpc) is 2.74. The number of rotatable bonds is 9. The highest BCUT2D eigenvalue weighted by Gasteiger charge is 2.20. The summed E-state index contributed by atoms with van der Waals surface area (Å²) in [6.45, 7) is 3.39. The van der Waals surface area contributed by atoms with E-state index >= 15 is 0 Å². The van der Waals surface area contributed by atoms with Crippen LogP contribution >= 0.6 is 0 Å². The molecule has 1 atom stereocenters. The summed E-state index contributed by atoms with van der Waals surface area (Å²) in [5, 5.41) is 13.8. The molecule has 8 heteroatoms. The Balaban J connectivity index is 1.94. The van der Waals surface area contributed by atoms with E-state index in [1.54, 1.807) is 30.3 Å². The third-order valence-electron chi connectivity index (χ3n) is 4.23. The molecule has 0 fully saturated rings. The third kappa shape index (κ3) is 7.08. The topological polar surface area (TPSA) is 125 Å². The molecule has 0 unspecified atom stereocenters. The van der Waals surface area contributed by atoms with Crippen molar-refractivity contribution in [1.82, 2.24) is 0 Å². The molecule has 160 valence electrons. The van der Waals surface area contributed by atoms with E-state index < -0.39 is 18.0 Å². The molecule has 2 aromatic rings. The number of carbonyl (C=O) groups excluding carboxylic acids is 4. The predicted molar refractivity (Wildman–Crippen MR) is 114 cm³/mol. The van der Waals surface area contributed by atoms with Gasteiger partial charge in [0.2, 0.25) is 17.6 Å². The molecule has 0 saturated heterocycles. The fourth-order valence-electron chi connectivity index (χ4n) is 2.65. The van der Waals surface area contributed by atoms with Gasteiger partial charge in [0.05, 0.1) is 11.6 Å². The maximum Gasteiger partial charge on any atom is 0.338 e. The fourth-order valence-corrected chi connectivity index (χ4v) is 2.65. The van der Waals surface area contributed by atoms with Crippen LogP contribution in [0.5, 0.6) is 0 Å². The van der Waals surface area contributed by atoms with Crippen molar-refractivity contribution in [2.45, 2.75) is 39.2 Å². The van der Waals surface area contributed by atoms with E-state index in [1.807, 2.05) is 6.92 Å². The molecule has 0 saturated carbocycles. The Bertz CT molecular complexity index is 991. The lowest BCUT2D eigenvalue weighted by atomic mass is 10.1. The summed E-state index contributed by atoms with van der Waals surface area (Å²) in [5.41, 5.74) is 1.59. The molecular weight excluding hydrogens is 398 g/mol. The Kier molecular flexibility index (Phi) is 8.46. The van der Waals surface area contributed by atoms with Gasteiger partial charge in [-0.3, -0.25) is 14.4 Å². The van der Waals surface area contributed by atoms with Crippen LogP contribution in [0.3, 0.4) is 0 Å². The fraction of sp³-hybridized carbons (Fsp3) is 0.261. The second-order valence-electron chi connectivity index (χ2n) is 6.75. The highest BCUT2D eigenvalue weighted by Crippen LogP contribution is 2.15. The zero-order valence-corrected chi connectivity index (χ0v) is 17.3. The second-order valence-corrected chi connectivity index (χ2v) is 6.75. The van der Waals surface area contributed by atoms with E-state index in [9.17, 15) is 19.2 Å². The second kappa shape index (κ2) is 11.3. The number of nitrogens with one attached hydrogen (secondary N) is 2. The Morgan fingerprint density at radius 3 is 1.94 bits per heavy atom. The Labute approximate surface area is 180 Å². The van der Waals surface area contributed by atoms with Gasteiger partial charge in [-0.2, -0.15) is 5.26 Å². The number of benzene rings is 2. The minimum Gasteiger partial charge on any atom is -0.451 e. The molecule has 2 rings (SSSR count). The third-order valence-corrected chi connectivity index (χ3v) is 4.23. The van der Waals surface area contributed by atoms with Gasteiger partial charge in [-0.25, -0.2) is 4.79 Å².